The average molecular weight is 167 g/mol. The second kappa shape index (κ2) is 4.22. The Labute approximate surface area is 82.7 Å². The van der Waals surface area contributed by atoms with Crippen molar-refractivity contribution in [3.63, 3.8) is 0 Å². The Hall–Kier alpha value is 0.276. The molecule has 1 aromatic rings. The molecule has 0 unspecified atom stereocenters. The molecule has 0 aliphatic rings. The number of hydrogen-bond acceptors (Lipinski definition) is 0. The van der Waals surface area contributed by atoms with E-state index < -0.39 is 0 Å². The molecule has 52 valence electrons. The van der Waals surface area contributed by atoms with E-state index in [2.05, 4.69) is 6.07 Å². The van der Waals surface area contributed by atoms with Crippen molar-refractivity contribution < 1.29 is 0 Å². The van der Waals surface area contributed by atoms with Crippen LogP contribution < -0.4 is 0 Å². The monoisotopic (exact) mass is 166 g/mol. The molecule has 0 aliphatic carbocycles. The van der Waals surface area contributed by atoms with Crippen molar-refractivity contribution in [2.45, 2.75) is 13.8 Å². The number of rotatable bonds is 0. The molecule has 0 radical (unpaired) electrons. The Kier molecular flexibility index (Phi) is 4.33. The van der Waals surface area contributed by atoms with Crippen LogP contribution in [0.1, 0.15) is 11.1 Å². The molecule has 0 aromatic heterocycles. The number of benzene rings is 1. The predicted molar refractivity (Wildman–Crippen MR) is 49.5 cm³/mol. The molecule has 0 heterocycles. The SMILES string of the molecule is Cc1ccc(C)c(Cl)c1.[MgH2]. The number of hydrogen-bond donors (Lipinski definition) is 0. The van der Waals surface area contributed by atoms with E-state index in [4.69, 9.17) is 11.6 Å². The zero-order valence-corrected chi connectivity index (χ0v) is 6.37. The first kappa shape index (κ1) is 10.3. The van der Waals surface area contributed by atoms with Gasteiger partial charge in [0.25, 0.3) is 0 Å². The predicted octanol–water partition coefficient (Wildman–Crippen LogP) is 2.04. The molecule has 0 nitrogen and oxygen atoms in total. The fourth-order valence-electron chi connectivity index (χ4n) is 0.698. The van der Waals surface area contributed by atoms with Crippen molar-refractivity contribution in [3.8, 4) is 0 Å². The molecule has 1 rings (SSSR count). The molecule has 1 aromatic carbocycles. The summed E-state index contributed by atoms with van der Waals surface area (Å²) in [4.78, 5) is 0. The minimum absolute atomic E-state index is 0. The highest BCUT2D eigenvalue weighted by molar-refractivity contribution is 6.31. The molecule has 0 spiro atoms. The maximum atomic E-state index is 5.81. The Morgan fingerprint density at radius 1 is 1.20 bits per heavy atom. The van der Waals surface area contributed by atoms with Crippen molar-refractivity contribution >= 4 is 34.7 Å². The van der Waals surface area contributed by atoms with Crippen LogP contribution in [0.25, 0.3) is 0 Å². The molecular formula is C8H11ClMg. The molecule has 0 amide bonds. The second-order valence-electron chi connectivity index (χ2n) is 2.25. The molecule has 10 heavy (non-hydrogen) atoms. The maximum Gasteiger partial charge on any atom is 0.316 e. The summed E-state index contributed by atoms with van der Waals surface area (Å²) >= 11 is 5.81. The van der Waals surface area contributed by atoms with Gasteiger partial charge in [-0.15, -0.1) is 0 Å². The third kappa shape index (κ3) is 2.49. The van der Waals surface area contributed by atoms with Crippen LogP contribution in [0.3, 0.4) is 0 Å². The molecule has 0 bridgehead atoms. The summed E-state index contributed by atoms with van der Waals surface area (Å²) in [7, 11) is 0. The van der Waals surface area contributed by atoms with E-state index in [0.29, 0.717) is 0 Å². The van der Waals surface area contributed by atoms with E-state index in [1.54, 1.807) is 0 Å². The number of halogens is 1. The van der Waals surface area contributed by atoms with Gasteiger partial charge in [0, 0.05) is 5.02 Å². The van der Waals surface area contributed by atoms with Crippen molar-refractivity contribution in [3.05, 3.63) is 34.3 Å². The summed E-state index contributed by atoms with van der Waals surface area (Å²) in [6.45, 7) is 4.03. The van der Waals surface area contributed by atoms with E-state index in [1.165, 1.54) is 5.56 Å². The summed E-state index contributed by atoms with van der Waals surface area (Å²) in [5, 5.41) is 0.856. The minimum Gasteiger partial charge on any atom is -0.0840 e. The van der Waals surface area contributed by atoms with Crippen LogP contribution in [0.15, 0.2) is 18.2 Å². The van der Waals surface area contributed by atoms with Crippen LogP contribution >= 0.6 is 11.6 Å². The van der Waals surface area contributed by atoms with Gasteiger partial charge in [0.1, 0.15) is 0 Å². The van der Waals surface area contributed by atoms with Gasteiger partial charge in [-0.1, -0.05) is 23.7 Å². The Balaban J connectivity index is 0.000000810. The van der Waals surface area contributed by atoms with Gasteiger partial charge < -0.3 is 0 Å². The maximum absolute atomic E-state index is 5.81. The molecule has 0 aliphatic heterocycles. The van der Waals surface area contributed by atoms with E-state index >= 15 is 0 Å². The minimum atomic E-state index is 0. The molecule has 0 saturated heterocycles. The van der Waals surface area contributed by atoms with Crippen LogP contribution in [0, 0.1) is 13.8 Å². The van der Waals surface area contributed by atoms with E-state index in [1.807, 2.05) is 26.0 Å². The molecule has 2 heteroatoms. The largest absolute Gasteiger partial charge is 0.316 e. The summed E-state index contributed by atoms with van der Waals surface area (Å²) in [5.41, 5.74) is 2.35. The molecule has 0 saturated carbocycles. The molecule has 0 N–H and O–H groups in total. The molecule has 0 atom stereocenters. The van der Waals surface area contributed by atoms with Gasteiger partial charge >= 0.3 is 23.1 Å². The van der Waals surface area contributed by atoms with Crippen molar-refractivity contribution in [2.75, 3.05) is 0 Å². The van der Waals surface area contributed by atoms with Gasteiger partial charge in [0.05, 0.1) is 0 Å². The topological polar surface area (TPSA) is 0 Å². The quantitative estimate of drug-likeness (QED) is 0.518. The lowest BCUT2D eigenvalue weighted by atomic mass is 10.2. The lowest BCUT2D eigenvalue weighted by Crippen LogP contribution is -1.75. The summed E-state index contributed by atoms with van der Waals surface area (Å²) < 4.78 is 0. The van der Waals surface area contributed by atoms with Gasteiger partial charge in [-0.2, -0.15) is 0 Å². The highest BCUT2D eigenvalue weighted by Gasteiger charge is 1.91. The Morgan fingerprint density at radius 3 is 2.20 bits per heavy atom. The molecular weight excluding hydrogens is 156 g/mol. The lowest BCUT2D eigenvalue weighted by molar-refractivity contribution is 1.40. The lowest BCUT2D eigenvalue weighted by Gasteiger charge is -1.96. The third-order valence-electron chi connectivity index (χ3n) is 1.33. The van der Waals surface area contributed by atoms with Crippen LogP contribution in [0.4, 0.5) is 0 Å². The van der Waals surface area contributed by atoms with Gasteiger partial charge in [0.15, 0.2) is 0 Å². The van der Waals surface area contributed by atoms with Gasteiger partial charge in [-0.3, -0.25) is 0 Å². The van der Waals surface area contributed by atoms with E-state index in [-0.39, 0.29) is 23.1 Å². The number of aryl methyl sites for hydroxylation is 2. The van der Waals surface area contributed by atoms with Crippen LogP contribution in [0.2, 0.25) is 5.02 Å². The van der Waals surface area contributed by atoms with Crippen LogP contribution in [0.5, 0.6) is 0 Å². The summed E-state index contributed by atoms with van der Waals surface area (Å²) in [6, 6.07) is 6.05. The second-order valence-corrected chi connectivity index (χ2v) is 2.66. The van der Waals surface area contributed by atoms with E-state index in [0.717, 1.165) is 10.6 Å². The first-order valence-corrected chi connectivity index (χ1v) is 3.30. The van der Waals surface area contributed by atoms with Crippen molar-refractivity contribution in [1.82, 2.24) is 0 Å². The normalized spacial score (nSPS) is 8.70. The summed E-state index contributed by atoms with van der Waals surface area (Å²) in [6.07, 6.45) is 0. The van der Waals surface area contributed by atoms with Crippen LogP contribution in [-0.4, -0.2) is 23.1 Å². The fraction of sp³-hybridized carbons (Fsp3) is 0.250. The summed E-state index contributed by atoms with van der Waals surface area (Å²) in [5.74, 6) is 0. The van der Waals surface area contributed by atoms with Gasteiger partial charge in [-0.05, 0) is 31.0 Å². The van der Waals surface area contributed by atoms with Gasteiger partial charge in [-0.25, -0.2) is 0 Å². The van der Waals surface area contributed by atoms with Crippen molar-refractivity contribution in [1.29, 1.82) is 0 Å². The Bertz CT molecular complexity index is 220. The highest BCUT2D eigenvalue weighted by Crippen LogP contribution is 2.15. The molecule has 0 fully saturated rings. The fourth-order valence-corrected chi connectivity index (χ4v) is 0.933. The van der Waals surface area contributed by atoms with E-state index in [9.17, 15) is 0 Å². The van der Waals surface area contributed by atoms with Gasteiger partial charge in [0.2, 0.25) is 0 Å². The van der Waals surface area contributed by atoms with Crippen molar-refractivity contribution in [2.24, 2.45) is 0 Å². The van der Waals surface area contributed by atoms with Crippen LogP contribution in [-0.2, 0) is 0 Å². The zero-order chi connectivity index (χ0) is 6.85. The average Bonchev–Trinajstić information content (AvgIpc) is 1.80. The Morgan fingerprint density at radius 2 is 1.80 bits per heavy atom. The first-order chi connectivity index (χ1) is 4.20. The standard InChI is InChI=1S/C8H9Cl.Mg.2H/c1-6-3-4-7(2)8(9)5-6;;;/h3-5H,1-2H3;;;. The highest BCUT2D eigenvalue weighted by atomic mass is 35.5. The third-order valence-corrected chi connectivity index (χ3v) is 1.73. The first-order valence-electron chi connectivity index (χ1n) is 2.93. The smallest absolute Gasteiger partial charge is 0.0840 e. The zero-order valence-electron chi connectivity index (χ0n) is 5.61.